The normalized spacial score (nSPS) is 16.6. The number of nitrogens with zero attached hydrogens (tertiary/aromatic N) is 12. The number of hydrogen-bond acceptors (Lipinski definition) is 10. The van der Waals surface area contributed by atoms with E-state index in [4.69, 9.17) is 45.9 Å². The third-order valence-corrected chi connectivity index (χ3v) is 10.7. The van der Waals surface area contributed by atoms with Crippen LogP contribution in [0.2, 0.25) is 0 Å². The largest absolute Gasteiger partial charge is 1.00 e. The van der Waals surface area contributed by atoms with Crippen molar-refractivity contribution < 1.29 is 86.4 Å². The van der Waals surface area contributed by atoms with Gasteiger partial charge in [-0.25, -0.2) is 36.8 Å². The van der Waals surface area contributed by atoms with E-state index in [1.54, 1.807) is 0 Å². The molecule has 4 fully saturated rings. The van der Waals surface area contributed by atoms with Crippen LogP contribution < -0.4 is 0 Å². The monoisotopic (exact) mass is 1050 g/mol. The standard InChI is InChI=1S/2C17H26N6.2CHF3O3S.2Cu/c2*1-20-9-10-21(2)16(20)18-13-14-7-5-6-8-15(14)19-17-22(3)11-12-23(17)4;2*2-1(3,4)8(5,6)7;;/h2*5-8H,9-13H2,1-4H3;2*(H,5,6,7);;/q;;;;2*+1/p-2. The van der Waals surface area contributed by atoms with Crippen molar-refractivity contribution in [2.24, 2.45) is 20.0 Å². The van der Waals surface area contributed by atoms with Crippen molar-refractivity contribution >= 4 is 55.4 Å². The summed E-state index contributed by atoms with van der Waals surface area (Å²) in [5.74, 6) is 4.17. The Labute approximate surface area is 391 Å². The van der Waals surface area contributed by atoms with E-state index in [9.17, 15) is 26.3 Å². The molecule has 4 saturated heterocycles. The van der Waals surface area contributed by atoms with Gasteiger partial charge in [-0.05, 0) is 23.3 Å². The second-order valence-electron chi connectivity index (χ2n) is 14.5. The fourth-order valence-electron chi connectivity index (χ4n) is 6.02. The van der Waals surface area contributed by atoms with Crippen molar-refractivity contribution in [2.75, 3.05) is 109 Å². The van der Waals surface area contributed by atoms with Gasteiger partial charge in [0.05, 0.1) is 24.5 Å². The van der Waals surface area contributed by atoms with Crippen molar-refractivity contribution in [1.82, 2.24) is 39.2 Å². The molecule has 0 amide bonds. The summed E-state index contributed by atoms with van der Waals surface area (Å²) in [5, 5.41) is 0. The number of benzene rings is 2. The quantitative estimate of drug-likeness (QED) is 0.178. The smallest absolute Gasteiger partial charge is 0.741 e. The third-order valence-electron chi connectivity index (χ3n) is 9.59. The summed E-state index contributed by atoms with van der Waals surface area (Å²) < 4.78 is 118. The van der Waals surface area contributed by atoms with Crippen LogP contribution in [0.1, 0.15) is 11.1 Å². The number of para-hydroxylation sites is 2. The molecule has 4 aliphatic heterocycles. The van der Waals surface area contributed by atoms with Gasteiger partial charge < -0.3 is 48.3 Å². The van der Waals surface area contributed by atoms with E-state index in [1.807, 2.05) is 12.1 Å². The van der Waals surface area contributed by atoms with Crippen LogP contribution in [-0.4, -0.2) is 209 Å². The molecule has 0 atom stereocenters. The Balaban J connectivity index is 0.000000470. The number of hydrogen-bond donors (Lipinski definition) is 0. The predicted octanol–water partition coefficient (Wildman–Crippen LogP) is 2.67. The first-order chi connectivity index (χ1) is 28.6. The minimum Gasteiger partial charge on any atom is -0.741 e. The van der Waals surface area contributed by atoms with E-state index >= 15 is 0 Å². The van der Waals surface area contributed by atoms with E-state index in [2.05, 4.69) is 132 Å². The van der Waals surface area contributed by atoms with Gasteiger partial charge in [0.1, 0.15) is 0 Å². The zero-order valence-electron chi connectivity index (χ0n) is 36.2. The average Bonchev–Trinajstić information content (AvgIpc) is 3.88. The number of guanidine groups is 4. The van der Waals surface area contributed by atoms with Crippen LogP contribution in [0.15, 0.2) is 68.5 Å². The van der Waals surface area contributed by atoms with Crippen LogP contribution in [-0.2, 0) is 67.5 Å². The number of aliphatic imine (C=N–C) groups is 4. The number of likely N-dealkylation sites (N-methyl/N-ethyl adjacent to an activating group) is 8. The van der Waals surface area contributed by atoms with Crippen molar-refractivity contribution in [2.45, 2.75) is 24.1 Å². The van der Waals surface area contributed by atoms with Crippen molar-refractivity contribution in [3.8, 4) is 0 Å². The molecule has 0 bridgehead atoms. The van der Waals surface area contributed by atoms with Gasteiger partial charge in [0.2, 0.25) is 11.9 Å². The summed E-state index contributed by atoms with van der Waals surface area (Å²) in [6, 6.07) is 16.6. The van der Waals surface area contributed by atoms with E-state index in [0.717, 1.165) is 98.7 Å². The maximum Gasteiger partial charge on any atom is 1.00 e. The minimum absolute atomic E-state index is 0. The van der Waals surface area contributed by atoms with Crippen LogP contribution in [0.3, 0.4) is 0 Å². The Morgan fingerprint density at radius 3 is 0.875 bits per heavy atom. The summed E-state index contributed by atoms with van der Waals surface area (Å²) in [6.07, 6.45) is 0. The molecule has 0 saturated carbocycles. The second kappa shape index (κ2) is 24.5. The van der Waals surface area contributed by atoms with Crippen molar-refractivity contribution in [3.63, 3.8) is 0 Å². The minimum atomic E-state index is -6.09. The van der Waals surface area contributed by atoms with Gasteiger partial charge in [0.15, 0.2) is 32.2 Å². The molecule has 4 aliphatic rings. The molecular weight excluding hydrogens is 1000 g/mol. The van der Waals surface area contributed by atoms with Crippen LogP contribution in [0.4, 0.5) is 37.7 Å². The fraction of sp³-hybridized carbons (Fsp3) is 0.556. The second-order valence-corrected chi connectivity index (χ2v) is 17.2. The molecule has 0 spiro atoms. The van der Waals surface area contributed by atoms with Gasteiger partial charge in [0, 0.05) is 109 Å². The number of rotatable bonds is 6. The summed E-state index contributed by atoms with van der Waals surface area (Å²) >= 11 is 0. The first kappa shape index (κ1) is 58.0. The van der Waals surface area contributed by atoms with Crippen LogP contribution in [0.5, 0.6) is 0 Å². The SMILES string of the molecule is CN1CCN(C)C1=NCc1ccccc1N=C1N(C)CCN1C.CN1CCN(C)C1=NCc1ccccc1N=C1N(C)CCN1C.O=S(=O)([O-])C(F)(F)F.O=S(=O)([O-])C(F)(F)F.[Cu+].[Cu+]. The molecule has 0 unspecified atom stereocenters. The molecule has 0 aliphatic carbocycles. The maximum atomic E-state index is 10.7. The zero-order chi connectivity index (χ0) is 46.8. The van der Waals surface area contributed by atoms with E-state index in [-0.39, 0.29) is 34.1 Å². The van der Waals surface area contributed by atoms with Gasteiger partial charge in [-0.15, -0.1) is 0 Å². The van der Waals surface area contributed by atoms with Gasteiger partial charge in [-0.2, -0.15) is 26.3 Å². The fourth-order valence-corrected chi connectivity index (χ4v) is 6.02. The number of halogens is 6. The van der Waals surface area contributed by atoms with Gasteiger partial charge >= 0.3 is 45.2 Å². The topological polar surface area (TPSA) is 190 Å². The Morgan fingerprint density at radius 1 is 0.453 bits per heavy atom. The molecule has 64 heavy (non-hydrogen) atoms. The third kappa shape index (κ3) is 16.7. The molecule has 0 aromatic heterocycles. The van der Waals surface area contributed by atoms with Crippen LogP contribution in [0, 0.1) is 0 Å². The van der Waals surface area contributed by atoms with Crippen molar-refractivity contribution in [3.05, 3.63) is 59.7 Å². The number of alkyl halides is 6. The van der Waals surface area contributed by atoms with E-state index in [0.29, 0.717) is 13.1 Å². The summed E-state index contributed by atoms with van der Waals surface area (Å²) in [5.41, 5.74) is -6.95. The summed E-state index contributed by atoms with van der Waals surface area (Å²) in [4.78, 5) is 36.9. The Kier molecular flexibility index (Phi) is 22.2. The summed E-state index contributed by atoms with van der Waals surface area (Å²) in [7, 11) is 4.56. The summed E-state index contributed by atoms with van der Waals surface area (Å²) in [6.45, 7) is 9.55. The molecule has 0 N–H and O–H groups in total. The molecule has 0 radical (unpaired) electrons. The molecule has 28 heteroatoms. The molecule has 18 nitrogen and oxygen atoms in total. The van der Waals surface area contributed by atoms with Crippen LogP contribution >= 0.6 is 0 Å². The average molecular weight is 1050 g/mol. The molecular formula is C36H52Cu2F6N12O6S2. The predicted molar refractivity (Wildman–Crippen MR) is 222 cm³/mol. The van der Waals surface area contributed by atoms with Gasteiger partial charge in [0.25, 0.3) is 0 Å². The molecule has 2 aromatic rings. The Bertz CT molecular complexity index is 1990. The van der Waals surface area contributed by atoms with E-state index in [1.165, 1.54) is 0 Å². The van der Waals surface area contributed by atoms with Gasteiger partial charge in [-0.3, -0.25) is 0 Å². The Morgan fingerprint density at radius 2 is 0.656 bits per heavy atom. The van der Waals surface area contributed by atoms with Crippen LogP contribution in [0.25, 0.3) is 0 Å². The van der Waals surface area contributed by atoms with E-state index < -0.39 is 31.3 Å². The first-order valence-corrected chi connectivity index (χ1v) is 21.6. The molecule has 4 heterocycles. The maximum absolute atomic E-state index is 10.7. The first-order valence-electron chi connectivity index (χ1n) is 18.8. The molecule has 2 aromatic carbocycles. The zero-order valence-corrected chi connectivity index (χ0v) is 39.7. The van der Waals surface area contributed by atoms with Gasteiger partial charge in [-0.1, -0.05) is 36.4 Å². The Hall–Kier alpha value is -4.04. The van der Waals surface area contributed by atoms with Crippen molar-refractivity contribution in [1.29, 1.82) is 0 Å². The molecule has 368 valence electrons. The molecule has 6 rings (SSSR count).